The number of carbonyl (C=O) groups is 3. The molecule has 0 saturated heterocycles. The minimum atomic E-state index is -0.762. The zero-order chi connectivity index (χ0) is 41.2. The van der Waals surface area contributed by atoms with Crippen molar-refractivity contribution in [1.82, 2.24) is 0 Å². The van der Waals surface area contributed by atoms with E-state index >= 15 is 0 Å². The maximum atomic E-state index is 12.7. The molecule has 6 nitrogen and oxygen atoms in total. The van der Waals surface area contributed by atoms with Gasteiger partial charge in [-0.1, -0.05) is 234 Å². The Balaban J connectivity index is 4.27. The SMILES string of the molecule is CCCCCCCCCCCCCCCCCCCC(=O)OC[C@H](COC(=O)CCCCCCCCCCC(C)C)OC(=O)CCCCCCCCC(C)CC. The summed E-state index contributed by atoms with van der Waals surface area (Å²) in [5.41, 5.74) is 0. The predicted octanol–water partition coefficient (Wildman–Crippen LogP) is 15.8. The fourth-order valence-electron chi connectivity index (χ4n) is 7.43. The van der Waals surface area contributed by atoms with Crippen LogP contribution in [0.3, 0.4) is 0 Å². The van der Waals surface area contributed by atoms with Gasteiger partial charge in [-0.15, -0.1) is 0 Å². The second-order valence-electron chi connectivity index (χ2n) is 17.8. The molecule has 0 saturated carbocycles. The van der Waals surface area contributed by atoms with Crippen molar-refractivity contribution >= 4 is 17.9 Å². The van der Waals surface area contributed by atoms with Gasteiger partial charge in [-0.3, -0.25) is 14.4 Å². The Hall–Kier alpha value is -1.59. The highest BCUT2D eigenvalue weighted by Gasteiger charge is 2.19. The standard InChI is InChI=1S/C50H96O6/c1-6-8-9-10-11-12-13-14-15-16-17-18-19-20-24-30-35-40-48(51)54-43-47(56-50(53)42-37-32-27-26-29-34-39-46(5)7-2)44-55-49(52)41-36-31-25-22-21-23-28-33-38-45(3)4/h45-47H,6-44H2,1-5H3/t46?,47-/m1/s1. The van der Waals surface area contributed by atoms with Gasteiger partial charge in [-0.2, -0.15) is 0 Å². The van der Waals surface area contributed by atoms with Gasteiger partial charge >= 0.3 is 17.9 Å². The molecule has 0 bridgehead atoms. The Morgan fingerprint density at radius 3 is 1.02 bits per heavy atom. The highest BCUT2D eigenvalue weighted by Crippen LogP contribution is 2.17. The van der Waals surface area contributed by atoms with Gasteiger partial charge in [0.2, 0.25) is 0 Å². The van der Waals surface area contributed by atoms with Crippen molar-refractivity contribution in [1.29, 1.82) is 0 Å². The van der Waals surface area contributed by atoms with E-state index in [-0.39, 0.29) is 31.1 Å². The average Bonchev–Trinajstić information content (AvgIpc) is 3.18. The van der Waals surface area contributed by atoms with Gasteiger partial charge in [0.15, 0.2) is 6.10 Å². The Morgan fingerprint density at radius 1 is 0.375 bits per heavy atom. The smallest absolute Gasteiger partial charge is 0.306 e. The van der Waals surface area contributed by atoms with E-state index in [0.29, 0.717) is 19.3 Å². The molecule has 1 unspecified atom stereocenters. The number of carbonyl (C=O) groups excluding carboxylic acids is 3. The third-order valence-electron chi connectivity index (χ3n) is 11.6. The molecule has 0 aliphatic rings. The van der Waals surface area contributed by atoms with Crippen LogP contribution in [0, 0.1) is 11.8 Å². The quantitative estimate of drug-likeness (QED) is 0.0347. The van der Waals surface area contributed by atoms with Gasteiger partial charge in [0.25, 0.3) is 0 Å². The van der Waals surface area contributed by atoms with Crippen LogP contribution in [0.5, 0.6) is 0 Å². The van der Waals surface area contributed by atoms with Crippen molar-refractivity contribution in [3.63, 3.8) is 0 Å². The lowest BCUT2D eigenvalue weighted by Crippen LogP contribution is -2.30. The second kappa shape index (κ2) is 43.0. The third-order valence-corrected chi connectivity index (χ3v) is 11.6. The summed E-state index contributed by atoms with van der Waals surface area (Å²) < 4.78 is 16.8. The molecule has 0 radical (unpaired) electrons. The van der Waals surface area contributed by atoms with Crippen molar-refractivity contribution < 1.29 is 28.6 Å². The Labute approximate surface area is 348 Å². The lowest BCUT2D eigenvalue weighted by Gasteiger charge is -2.18. The van der Waals surface area contributed by atoms with Crippen LogP contribution < -0.4 is 0 Å². The molecule has 0 N–H and O–H groups in total. The van der Waals surface area contributed by atoms with Gasteiger partial charge in [-0.05, 0) is 31.1 Å². The Kier molecular flexibility index (Phi) is 41.8. The number of ether oxygens (including phenoxy) is 3. The van der Waals surface area contributed by atoms with E-state index in [9.17, 15) is 14.4 Å². The summed E-state index contributed by atoms with van der Waals surface area (Å²) in [5, 5.41) is 0. The van der Waals surface area contributed by atoms with Crippen LogP contribution in [0.15, 0.2) is 0 Å². The first-order valence-electron chi connectivity index (χ1n) is 24.8. The molecule has 0 aromatic carbocycles. The topological polar surface area (TPSA) is 78.9 Å². The predicted molar refractivity (Wildman–Crippen MR) is 238 cm³/mol. The first-order valence-corrected chi connectivity index (χ1v) is 24.8. The molecule has 56 heavy (non-hydrogen) atoms. The van der Waals surface area contributed by atoms with E-state index in [2.05, 4.69) is 34.6 Å². The minimum absolute atomic E-state index is 0.0653. The zero-order valence-corrected chi connectivity index (χ0v) is 38.3. The Morgan fingerprint density at radius 2 is 0.679 bits per heavy atom. The van der Waals surface area contributed by atoms with Crippen molar-refractivity contribution in [3.8, 4) is 0 Å². The largest absolute Gasteiger partial charge is 0.462 e. The maximum Gasteiger partial charge on any atom is 0.306 e. The number of rotatable bonds is 44. The molecule has 332 valence electrons. The maximum absolute atomic E-state index is 12.7. The van der Waals surface area contributed by atoms with Gasteiger partial charge in [0.05, 0.1) is 0 Å². The highest BCUT2D eigenvalue weighted by atomic mass is 16.6. The van der Waals surface area contributed by atoms with Crippen LogP contribution >= 0.6 is 0 Å². The molecule has 0 amide bonds. The van der Waals surface area contributed by atoms with E-state index in [1.807, 2.05) is 0 Å². The summed E-state index contributed by atoms with van der Waals surface area (Å²) in [6.07, 6.45) is 42.4. The molecule has 0 heterocycles. The first kappa shape index (κ1) is 54.4. The lowest BCUT2D eigenvalue weighted by molar-refractivity contribution is -0.167. The van der Waals surface area contributed by atoms with Crippen molar-refractivity contribution in [2.45, 2.75) is 278 Å². The van der Waals surface area contributed by atoms with Gasteiger partial charge in [0.1, 0.15) is 13.2 Å². The summed E-state index contributed by atoms with van der Waals surface area (Å²) in [6, 6.07) is 0. The summed E-state index contributed by atoms with van der Waals surface area (Å²) in [4.78, 5) is 37.8. The molecule has 0 spiro atoms. The average molecular weight is 793 g/mol. The van der Waals surface area contributed by atoms with Crippen LogP contribution in [-0.2, 0) is 28.6 Å². The van der Waals surface area contributed by atoms with Crippen molar-refractivity contribution in [3.05, 3.63) is 0 Å². The lowest BCUT2D eigenvalue weighted by atomic mass is 10.00. The van der Waals surface area contributed by atoms with Gasteiger partial charge in [-0.25, -0.2) is 0 Å². The van der Waals surface area contributed by atoms with Gasteiger partial charge < -0.3 is 14.2 Å². The van der Waals surface area contributed by atoms with Crippen LogP contribution in [0.1, 0.15) is 272 Å². The van der Waals surface area contributed by atoms with E-state index in [0.717, 1.165) is 69.6 Å². The van der Waals surface area contributed by atoms with E-state index in [4.69, 9.17) is 14.2 Å². The highest BCUT2D eigenvalue weighted by molar-refractivity contribution is 5.71. The van der Waals surface area contributed by atoms with E-state index in [1.165, 1.54) is 161 Å². The molecule has 0 rings (SSSR count). The molecule has 0 aliphatic heterocycles. The van der Waals surface area contributed by atoms with Gasteiger partial charge in [0, 0.05) is 19.3 Å². The van der Waals surface area contributed by atoms with Crippen LogP contribution in [0.25, 0.3) is 0 Å². The molecule has 0 aliphatic carbocycles. The van der Waals surface area contributed by atoms with E-state index < -0.39 is 6.10 Å². The van der Waals surface area contributed by atoms with Crippen LogP contribution in [0.4, 0.5) is 0 Å². The van der Waals surface area contributed by atoms with E-state index in [1.54, 1.807) is 0 Å². The Bertz CT molecular complexity index is 856. The second-order valence-corrected chi connectivity index (χ2v) is 17.8. The van der Waals surface area contributed by atoms with Crippen LogP contribution in [-0.4, -0.2) is 37.2 Å². The normalized spacial score (nSPS) is 12.5. The summed E-state index contributed by atoms with van der Waals surface area (Å²) >= 11 is 0. The van der Waals surface area contributed by atoms with Crippen molar-refractivity contribution in [2.24, 2.45) is 11.8 Å². The summed E-state index contributed by atoms with van der Waals surface area (Å²) in [6.45, 7) is 11.3. The zero-order valence-electron chi connectivity index (χ0n) is 38.3. The summed E-state index contributed by atoms with van der Waals surface area (Å²) in [5.74, 6) is 0.749. The molecule has 0 aromatic heterocycles. The molecular weight excluding hydrogens is 697 g/mol. The van der Waals surface area contributed by atoms with Crippen molar-refractivity contribution in [2.75, 3.05) is 13.2 Å². The number of esters is 3. The number of hydrogen-bond donors (Lipinski definition) is 0. The fourth-order valence-corrected chi connectivity index (χ4v) is 7.43. The minimum Gasteiger partial charge on any atom is -0.462 e. The fraction of sp³-hybridized carbons (Fsp3) is 0.940. The molecule has 2 atom stereocenters. The third kappa shape index (κ3) is 42.0. The molecular formula is C50H96O6. The molecule has 0 aromatic rings. The monoisotopic (exact) mass is 793 g/mol. The molecule has 0 fully saturated rings. The summed E-state index contributed by atoms with van der Waals surface area (Å²) in [7, 11) is 0. The number of unbranched alkanes of at least 4 members (excludes halogenated alkanes) is 28. The molecule has 6 heteroatoms. The van der Waals surface area contributed by atoms with Crippen LogP contribution in [0.2, 0.25) is 0 Å². The number of hydrogen-bond acceptors (Lipinski definition) is 6. The first-order chi connectivity index (χ1) is 27.3.